The van der Waals surface area contributed by atoms with Gasteiger partial charge in [0.2, 0.25) is 5.17 Å². The molecule has 0 N–H and O–H groups in total. The van der Waals surface area contributed by atoms with Gasteiger partial charge in [-0.15, -0.1) is 10.5 Å². The van der Waals surface area contributed by atoms with Gasteiger partial charge in [0.05, 0.1) is 0 Å². The maximum Gasteiger partial charge on any atom is 0.279 e. The van der Waals surface area contributed by atoms with E-state index in [0.717, 1.165) is 17.0 Å². The second-order valence-electron chi connectivity index (χ2n) is 3.61. The molecule has 0 atom stereocenters. The van der Waals surface area contributed by atoms with Crippen molar-refractivity contribution in [1.82, 2.24) is 5.43 Å². The quantitative estimate of drug-likeness (QED) is 0.805. The van der Waals surface area contributed by atoms with Crippen LogP contribution in [0.2, 0.25) is 0 Å². The topological polar surface area (TPSA) is 55.9 Å². The third-order valence-corrected chi connectivity index (χ3v) is 3.22. The molecule has 87 valence electrons. The minimum Gasteiger partial charge on any atom is -0.267 e. The fourth-order valence-corrected chi connectivity index (χ4v) is 1.93. The standard InChI is InChI=1S/C12H12N3OS/c1-3-10-14-15-12(17-10)13-11(16)9-6-4-8(2)5-7-9/h4-7H,3H2,1-2H3. The van der Waals surface area contributed by atoms with E-state index < -0.39 is 0 Å². The van der Waals surface area contributed by atoms with Gasteiger partial charge in [0.25, 0.3) is 5.91 Å². The molecule has 4 nitrogen and oxygen atoms in total. The third kappa shape index (κ3) is 2.94. The molecule has 1 aliphatic heterocycles. The van der Waals surface area contributed by atoms with E-state index in [-0.39, 0.29) is 5.91 Å². The fourth-order valence-electron chi connectivity index (χ4n) is 1.28. The Morgan fingerprint density at radius 1 is 1.35 bits per heavy atom. The first-order valence-electron chi connectivity index (χ1n) is 5.34. The Labute approximate surface area is 104 Å². The predicted octanol–water partition coefficient (Wildman–Crippen LogP) is 2.57. The molecule has 0 saturated carbocycles. The van der Waals surface area contributed by atoms with Gasteiger partial charge in [0, 0.05) is 5.56 Å². The highest BCUT2D eigenvalue weighted by atomic mass is 32.2. The van der Waals surface area contributed by atoms with Crippen LogP contribution in [-0.4, -0.2) is 16.1 Å². The maximum atomic E-state index is 11.8. The Morgan fingerprint density at radius 2 is 2.06 bits per heavy atom. The zero-order chi connectivity index (χ0) is 12.3. The zero-order valence-corrected chi connectivity index (χ0v) is 10.5. The molecule has 0 aliphatic carbocycles. The Balaban J connectivity index is 2.08. The lowest BCUT2D eigenvalue weighted by Crippen LogP contribution is -2.05. The molecule has 0 fully saturated rings. The van der Waals surface area contributed by atoms with E-state index in [0.29, 0.717) is 10.7 Å². The lowest BCUT2D eigenvalue weighted by molar-refractivity contribution is 0.100. The number of aryl methyl sites for hydroxylation is 1. The van der Waals surface area contributed by atoms with Crippen molar-refractivity contribution in [1.29, 1.82) is 0 Å². The minimum absolute atomic E-state index is 0.274. The van der Waals surface area contributed by atoms with Crippen LogP contribution in [0, 0.1) is 6.92 Å². The normalized spacial score (nSPS) is 16.8. The molecule has 0 unspecified atom stereocenters. The number of carbonyl (C=O) groups is 1. The van der Waals surface area contributed by atoms with Crippen LogP contribution in [0.5, 0.6) is 0 Å². The smallest absolute Gasteiger partial charge is 0.267 e. The summed E-state index contributed by atoms with van der Waals surface area (Å²) in [7, 11) is 0. The second-order valence-corrected chi connectivity index (χ2v) is 4.66. The maximum absolute atomic E-state index is 11.8. The molecule has 0 bridgehead atoms. The van der Waals surface area contributed by atoms with Gasteiger partial charge in [0.15, 0.2) is 0 Å². The van der Waals surface area contributed by atoms with Crippen LogP contribution < -0.4 is 5.43 Å². The molecule has 1 aromatic carbocycles. The zero-order valence-electron chi connectivity index (χ0n) is 9.67. The summed E-state index contributed by atoms with van der Waals surface area (Å²) in [5.41, 5.74) is 5.54. The number of hydrogen-bond acceptors (Lipinski definition) is 3. The summed E-state index contributed by atoms with van der Waals surface area (Å²) in [6.07, 6.45) is 0.811. The molecule has 1 heterocycles. The van der Waals surface area contributed by atoms with Gasteiger partial charge in [-0.1, -0.05) is 24.6 Å². The summed E-state index contributed by atoms with van der Waals surface area (Å²) in [6, 6.07) is 7.31. The van der Waals surface area contributed by atoms with Crippen LogP contribution in [0.1, 0.15) is 29.3 Å². The van der Waals surface area contributed by atoms with E-state index in [1.165, 1.54) is 11.8 Å². The molecule has 0 saturated heterocycles. The summed E-state index contributed by atoms with van der Waals surface area (Å²) in [6.45, 7) is 3.97. The highest BCUT2D eigenvalue weighted by Gasteiger charge is 2.16. The lowest BCUT2D eigenvalue weighted by Gasteiger charge is -1.97. The van der Waals surface area contributed by atoms with Gasteiger partial charge < -0.3 is 0 Å². The summed E-state index contributed by atoms with van der Waals surface area (Å²) >= 11 is 1.35. The van der Waals surface area contributed by atoms with E-state index in [9.17, 15) is 4.79 Å². The molecule has 1 aliphatic rings. The predicted molar refractivity (Wildman–Crippen MR) is 70.4 cm³/mol. The first-order chi connectivity index (χ1) is 8.19. The van der Waals surface area contributed by atoms with Gasteiger partial charge in [-0.3, -0.25) is 4.79 Å². The molecule has 17 heavy (non-hydrogen) atoms. The van der Waals surface area contributed by atoms with Crippen LogP contribution >= 0.6 is 11.8 Å². The Bertz CT molecular complexity index is 491. The van der Waals surface area contributed by atoms with Crippen molar-refractivity contribution < 1.29 is 4.79 Å². The van der Waals surface area contributed by atoms with E-state index in [2.05, 4.69) is 15.5 Å². The van der Waals surface area contributed by atoms with Crippen molar-refractivity contribution in [3.63, 3.8) is 0 Å². The van der Waals surface area contributed by atoms with Gasteiger partial charge in [-0.05, 0) is 37.2 Å². The number of nitrogens with zero attached hydrogens (tertiary/aromatic N) is 3. The van der Waals surface area contributed by atoms with E-state index in [4.69, 9.17) is 0 Å². The summed E-state index contributed by atoms with van der Waals surface area (Å²) in [5.74, 6) is -0.274. The lowest BCUT2D eigenvalue weighted by atomic mass is 10.1. The average molecular weight is 246 g/mol. The Hall–Kier alpha value is -1.62. The van der Waals surface area contributed by atoms with Crippen LogP contribution in [0.25, 0.3) is 0 Å². The van der Waals surface area contributed by atoms with Crippen molar-refractivity contribution in [3.05, 3.63) is 35.4 Å². The summed E-state index contributed by atoms with van der Waals surface area (Å²) in [4.78, 5) is 15.7. The number of rotatable bonds is 2. The van der Waals surface area contributed by atoms with Crippen molar-refractivity contribution in [2.45, 2.75) is 20.3 Å². The first kappa shape index (κ1) is 11.9. The molecule has 1 radical (unpaired) electrons. The first-order valence-corrected chi connectivity index (χ1v) is 6.16. The number of aliphatic imine (C=N–C) groups is 1. The Morgan fingerprint density at radius 3 is 2.65 bits per heavy atom. The van der Waals surface area contributed by atoms with Crippen molar-refractivity contribution in [2.75, 3.05) is 0 Å². The highest BCUT2D eigenvalue weighted by molar-refractivity contribution is 8.26. The molecular formula is C12H12N3OS. The molecule has 1 aromatic rings. The van der Waals surface area contributed by atoms with Gasteiger partial charge in [-0.25, -0.2) is 0 Å². The van der Waals surface area contributed by atoms with Gasteiger partial charge in [0.1, 0.15) is 5.04 Å². The molecule has 0 aromatic heterocycles. The number of amides is 1. The average Bonchev–Trinajstić information content (AvgIpc) is 2.77. The van der Waals surface area contributed by atoms with E-state index in [1.54, 1.807) is 12.1 Å². The van der Waals surface area contributed by atoms with Crippen molar-refractivity contribution in [2.24, 2.45) is 10.1 Å². The highest BCUT2D eigenvalue weighted by Crippen LogP contribution is 2.16. The Kier molecular flexibility index (Phi) is 3.58. The van der Waals surface area contributed by atoms with E-state index >= 15 is 0 Å². The monoisotopic (exact) mass is 246 g/mol. The second kappa shape index (κ2) is 5.14. The van der Waals surface area contributed by atoms with Crippen molar-refractivity contribution in [3.8, 4) is 0 Å². The molecule has 0 spiro atoms. The number of thioether (sulfide) groups is 1. The van der Waals surface area contributed by atoms with Gasteiger partial charge >= 0.3 is 0 Å². The summed E-state index contributed by atoms with van der Waals surface area (Å²) < 4.78 is 0. The number of carbonyl (C=O) groups excluding carboxylic acids is 1. The molecule has 1 amide bonds. The minimum atomic E-state index is -0.274. The molecular weight excluding hydrogens is 234 g/mol. The van der Waals surface area contributed by atoms with Crippen LogP contribution in [0.3, 0.4) is 0 Å². The summed E-state index contributed by atoms with van der Waals surface area (Å²) in [5, 5.41) is 5.23. The largest absolute Gasteiger partial charge is 0.279 e. The van der Waals surface area contributed by atoms with Gasteiger partial charge in [-0.2, -0.15) is 4.99 Å². The molecule has 5 heteroatoms. The molecule has 2 rings (SSSR count). The third-order valence-electron chi connectivity index (χ3n) is 2.25. The number of hydrogen-bond donors (Lipinski definition) is 0. The number of amidine groups is 1. The number of benzene rings is 1. The van der Waals surface area contributed by atoms with Crippen molar-refractivity contribution >= 4 is 27.9 Å². The SMILES string of the molecule is CCC1=N[N]C(=NC(=O)c2ccc(C)cc2)S1. The van der Waals surface area contributed by atoms with E-state index in [1.807, 2.05) is 26.0 Å². The van der Waals surface area contributed by atoms with Crippen LogP contribution in [0.4, 0.5) is 0 Å². The van der Waals surface area contributed by atoms with Crippen LogP contribution in [-0.2, 0) is 0 Å². The van der Waals surface area contributed by atoms with Crippen LogP contribution in [0.15, 0.2) is 34.4 Å². The fraction of sp³-hybridized carbons (Fsp3) is 0.250.